The Hall–Kier alpha value is -3.35. The van der Waals surface area contributed by atoms with E-state index in [0.29, 0.717) is 21.9 Å². The summed E-state index contributed by atoms with van der Waals surface area (Å²) < 4.78 is 8.20. The minimum absolute atomic E-state index is 0.145. The van der Waals surface area contributed by atoms with Crippen LogP contribution in [0.3, 0.4) is 0 Å². The van der Waals surface area contributed by atoms with Gasteiger partial charge in [0.15, 0.2) is 15.3 Å². The Labute approximate surface area is 213 Å². The molecule has 0 atom stereocenters. The molecule has 0 radical (unpaired) electrons. The molecule has 0 fully saturated rings. The van der Waals surface area contributed by atoms with E-state index in [0.717, 1.165) is 32.2 Å². The Morgan fingerprint density at radius 1 is 1.11 bits per heavy atom. The fourth-order valence-electron chi connectivity index (χ4n) is 3.50. The zero-order chi connectivity index (χ0) is 24.2. The maximum Gasteiger partial charge on any atom is 0.236 e. The SMILES string of the molecule is CCSc1nnc(NC(=O)CSc2nnc(-c3c[nH]c4ccccc34)n2-c2cccc(OC)c2)s1. The summed E-state index contributed by atoms with van der Waals surface area (Å²) in [5.41, 5.74) is 2.76. The van der Waals surface area contributed by atoms with Crippen LogP contribution in [-0.4, -0.2) is 54.5 Å². The highest BCUT2D eigenvalue weighted by Crippen LogP contribution is 2.33. The number of carbonyl (C=O) groups is 1. The zero-order valence-corrected chi connectivity index (χ0v) is 21.3. The van der Waals surface area contributed by atoms with Gasteiger partial charge in [-0.2, -0.15) is 0 Å². The number of nitrogens with one attached hydrogen (secondary N) is 2. The lowest BCUT2D eigenvalue weighted by Crippen LogP contribution is -2.14. The molecule has 1 amide bonds. The highest BCUT2D eigenvalue weighted by molar-refractivity contribution is 8.01. The van der Waals surface area contributed by atoms with E-state index in [1.807, 2.05) is 66.2 Å². The van der Waals surface area contributed by atoms with Crippen molar-refractivity contribution in [2.75, 3.05) is 23.9 Å². The number of nitrogens with zero attached hydrogens (tertiary/aromatic N) is 5. The number of thioether (sulfide) groups is 2. The number of carbonyl (C=O) groups excluding carboxylic acids is 1. The molecule has 0 aliphatic heterocycles. The number of amides is 1. The lowest BCUT2D eigenvalue weighted by Gasteiger charge is -2.11. The van der Waals surface area contributed by atoms with Crippen molar-refractivity contribution in [1.82, 2.24) is 29.9 Å². The van der Waals surface area contributed by atoms with E-state index in [9.17, 15) is 4.79 Å². The molecule has 0 aliphatic carbocycles. The van der Waals surface area contributed by atoms with Gasteiger partial charge in [-0.1, -0.05) is 66.0 Å². The molecule has 2 aromatic carbocycles. The van der Waals surface area contributed by atoms with Gasteiger partial charge in [0.2, 0.25) is 11.0 Å². The largest absolute Gasteiger partial charge is 0.497 e. The number of aromatic amines is 1. The van der Waals surface area contributed by atoms with Crippen LogP contribution in [0.5, 0.6) is 5.75 Å². The number of hydrogen-bond acceptors (Lipinski definition) is 9. The number of fused-ring (bicyclic) bond motifs is 1. The van der Waals surface area contributed by atoms with E-state index >= 15 is 0 Å². The van der Waals surface area contributed by atoms with E-state index in [1.165, 1.54) is 23.1 Å². The van der Waals surface area contributed by atoms with Crippen LogP contribution in [0.2, 0.25) is 0 Å². The average Bonchev–Trinajstić information content (AvgIpc) is 3.61. The minimum atomic E-state index is -0.187. The van der Waals surface area contributed by atoms with Crippen LogP contribution in [0, 0.1) is 0 Å². The Morgan fingerprint density at radius 2 is 2.00 bits per heavy atom. The second-order valence-corrected chi connectivity index (χ2v) is 10.7. The predicted molar refractivity (Wildman–Crippen MR) is 141 cm³/mol. The van der Waals surface area contributed by atoms with Crippen LogP contribution in [0.15, 0.2) is 64.2 Å². The van der Waals surface area contributed by atoms with Gasteiger partial charge in [-0.25, -0.2) is 0 Å². The number of methoxy groups -OCH3 is 1. The van der Waals surface area contributed by atoms with Crippen molar-refractivity contribution in [3.05, 3.63) is 54.7 Å². The van der Waals surface area contributed by atoms with Gasteiger partial charge in [0.1, 0.15) is 5.75 Å². The van der Waals surface area contributed by atoms with Crippen LogP contribution < -0.4 is 10.1 Å². The molecule has 0 spiro atoms. The second-order valence-electron chi connectivity index (χ2n) is 7.23. The van der Waals surface area contributed by atoms with Gasteiger partial charge in [-0.05, 0) is 24.0 Å². The summed E-state index contributed by atoms with van der Waals surface area (Å²) in [7, 11) is 1.63. The normalized spacial score (nSPS) is 11.1. The number of H-pyrrole nitrogens is 1. The molecule has 0 saturated carbocycles. The quantitative estimate of drug-likeness (QED) is 0.202. The van der Waals surface area contributed by atoms with Crippen molar-refractivity contribution >= 4 is 56.8 Å². The molecule has 0 saturated heterocycles. The summed E-state index contributed by atoms with van der Waals surface area (Å²) in [6, 6.07) is 15.7. The Balaban J connectivity index is 1.44. The molecule has 12 heteroatoms. The number of aromatic nitrogens is 6. The molecule has 9 nitrogen and oxygen atoms in total. The maximum absolute atomic E-state index is 12.6. The number of rotatable bonds is 9. The molecule has 0 unspecified atom stereocenters. The van der Waals surface area contributed by atoms with Crippen molar-refractivity contribution in [2.45, 2.75) is 16.4 Å². The van der Waals surface area contributed by atoms with Gasteiger partial charge in [0.05, 0.1) is 18.6 Å². The van der Waals surface area contributed by atoms with Crippen LogP contribution in [0.1, 0.15) is 6.92 Å². The second kappa shape index (κ2) is 10.5. The molecule has 0 aliphatic rings. The molecule has 178 valence electrons. The van der Waals surface area contributed by atoms with Crippen LogP contribution >= 0.6 is 34.9 Å². The monoisotopic (exact) mass is 523 g/mol. The average molecular weight is 524 g/mol. The Bertz CT molecular complexity index is 1480. The topological polar surface area (TPSA) is 111 Å². The van der Waals surface area contributed by atoms with E-state index in [-0.39, 0.29) is 11.7 Å². The standard InChI is InChI=1S/C23H21N7O2S3/c1-3-33-23-29-27-21(35-23)25-19(31)13-34-22-28-26-20(17-12-24-18-10-5-4-9-16(17)18)30(22)14-7-6-8-15(11-14)32-2/h4-12,24H,3,13H2,1-2H3,(H,25,27,31). The molecular weight excluding hydrogens is 503 g/mol. The molecule has 35 heavy (non-hydrogen) atoms. The molecule has 0 bridgehead atoms. The van der Waals surface area contributed by atoms with Gasteiger partial charge in [-0.15, -0.1) is 20.4 Å². The minimum Gasteiger partial charge on any atom is -0.497 e. The van der Waals surface area contributed by atoms with Crippen LogP contribution in [0.4, 0.5) is 5.13 Å². The van der Waals surface area contributed by atoms with Crippen molar-refractivity contribution in [1.29, 1.82) is 0 Å². The van der Waals surface area contributed by atoms with E-state index in [4.69, 9.17) is 4.74 Å². The lowest BCUT2D eigenvalue weighted by atomic mass is 10.1. The van der Waals surface area contributed by atoms with Gasteiger partial charge < -0.3 is 9.72 Å². The number of benzene rings is 2. The van der Waals surface area contributed by atoms with Gasteiger partial charge in [-0.3, -0.25) is 14.7 Å². The predicted octanol–water partition coefficient (Wildman–Crippen LogP) is 5.12. The van der Waals surface area contributed by atoms with Crippen molar-refractivity contribution < 1.29 is 9.53 Å². The fraction of sp³-hybridized carbons (Fsp3) is 0.174. The van der Waals surface area contributed by atoms with Gasteiger partial charge in [0, 0.05) is 28.7 Å². The highest BCUT2D eigenvalue weighted by atomic mass is 32.2. The summed E-state index contributed by atoms with van der Waals surface area (Å²) in [4.78, 5) is 15.9. The fourth-order valence-corrected chi connectivity index (χ4v) is 5.92. The molecule has 3 aromatic heterocycles. The first kappa shape index (κ1) is 23.4. The summed E-state index contributed by atoms with van der Waals surface area (Å²) in [5.74, 6) is 2.24. The van der Waals surface area contributed by atoms with E-state index < -0.39 is 0 Å². The van der Waals surface area contributed by atoms with Crippen LogP contribution in [0.25, 0.3) is 28.0 Å². The third-order valence-electron chi connectivity index (χ3n) is 5.03. The first-order valence-corrected chi connectivity index (χ1v) is 13.5. The van der Waals surface area contributed by atoms with Crippen molar-refractivity contribution in [3.8, 4) is 22.8 Å². The number of para-hydroxylation sites is 1. The molecule has 5 rings (SSSR count). The maximum atomic E-state index is 12.6. The number of hydrogen-bond donors (Lipinski definition) is 2. The Morgan fingerprint density at radius 3 is 2.86 bits per heavy atom. The summed E-state index contributed by atoms with van der Waals surface area (Å²) >= 11 is 4.26. The van der Waals surface area contributed by atoms with Gasteiger partial charge >= 0.3 is 0 Å². The van der Waals surface area contributed by atoms with Crippen molar-refractivity contribution in [2.24, 2.45) is 0 Å². The zero-order valence-electron chi connectivity index (χ0n) is 18.9. The smallest absolute Gasteiger partial charge is 0.236 e. The lowest BCUT2D eigenvalue weighted by molar-refractivity contribution is -0.113. The molecule has 2 N–H and O–H groups in total. The van der Waals surface area contributed by atoms with Crippen molar-refractivity contribution in [3.63, 3.8) is 0 Å². The molecule has 3 heterocycles. The number of ether oxygens (including phenoxy) is 1. The highest BCUT2D eigenvalue weighted by Gasteiger charge is 2.20. The summed E-state index contributed by atoms with van der Waals surface area (Å²) in [6.07, 6.45) is 1.92. The summed E-state index contributed by atoms with van der Waals surface area (Å²) in [6.45, 7) is 2.05. The first-order chi connectivity index (χ1) is 17.2. The number of anilines is 1. The van der Waals surface area contributed by atoms with E-state index in [1.54, 1.807) is 18.9 Å². The third-order valence-corrected chi connectivity index (χ3v) is 7.81. The summed E-state index contributed by atoms with van der Waals surface area (Å²) in [5, 5.41) is 22.0. The first-order valence-electron chi connectivity index (χ1n) is 10.7. The Kier molecular flexibility index (Phi) is 7.02. The van der Waals surface area contributed by atoms with Gasteiger partial charge in [0.25, 0.3) is 0 Å². The van der Waals surface area contributed by atoms with Crippen LogP contribution in [-0.2, 0) is 4.79 Å². The third kappa shape index (κ3) is 5.04. The van der Waals surface area contributed by atoms with E-state index in [2.05, 4.69) is 30.7 Å². The molecule has 5 aromatic rings. The molecular formula is C23H21N7O2S3.